The number of carbonyl (C=O) groups excluding carboxylic acids is 2. The quantitative estimate of drug-likeness (QED) is 0.0246. The summed E-state index contributed by atoms with van der Waals surface area (Å²) >= 11 is 0. The van der Waals surface area contributed by atoms with Crippen molar-refractivity contribution in [1.82, 2.24) is 5.32 Å². The first-order chi connectivity index (χ1) is 30.5. The number of esters is 1. The number of hydrogen-bond acceptors (Lipinski definition) is 5. The Morgan fingerprint density at radius 1 is 0.516 bits per heavy atom. The Bertz CT molecular complexity index is 1330. The smallest absolute Gasteiger partial charge is 0.306 e. The summed E-state index contributed by atoms with van der Waals surface area (Å²) in [5, 5.41) is 23.7. The molecule has 0 fully saturated rings. The number of unbranched alkanes of at least 4 members (excludes halogenated alkanes) is 15. The molecule has 0 heterocycles. The predicted molar refractivity (Wildman–Crippen MR) is 268 cm³/mol. The molecule has 3 atom stereocenters. The molecular formula is C56H91NO5. The highest BCUT2D eigenvalue weighted by Crippen LogP contribution is 2.16. The fourth-order valence-electron chi connectivity index (χ4n) is 6.72. The number of ether oxygens (including phenoxy) is 1. The zero-order chi connectivity index (χ0) is 45.2. The first-order valence-corrected chi connectivity index (χ1v) is 24.8. The van der Waals surface area contributed by atoms with Gasteiger partial charge in [-0.1, -0.05) is 239 Å². The van der Waals surface area contributed by atoms with Crippen LogP contribution in [0.2, 0.25) is 0 Å². The van der Waals surface area contributed by atoms with Crippen LogP contribution < -0.4 is 5.32 Å². The van der Waals surface area contributed by atoms with Crippen LogP contribution in [-0.2, 0) is 14.3 Å². The van der Waals surface area contributed by atoms with Crippen LogP contribution in [0.25, 0.3) is 0 Å². The molecule has 0 bridgehead atoms. The highest BCUT2D eigenvalue weighted by Gasteiger charge is 2.23. The standard InChI is InChI=1S/C56H91NO5/c1-4-7-10-13-16-19-22-25-27-30-32-35-38-41-44-47-52(62-56(61)49-46-43-40-37-34-29-24-21-18-15-12-9-6-3)50-55(60)57-53(51-58)54(59)48-45-42-39-36-33-31-28-26-23-20-17-14-11-8-5-2/h7,9-10,12,15-16,18-19,21,24-25,27,29,32,34-35,37,40-41,44,52-54,58-59H,4-6,8,11,13-14,17,20,22-23,26,28,30-31,33,36,38-39,42-43,45-51H2,1-3H3,(H,57,60)/b10-7-,12-9+,18-15+,19-16-,24-21-,27-25-,34-29-,35-32-,40-37+,44-41-. The molecular weight excluding hydrogens is 767 g/mol. The van der Waals surface area contributed by atoms with Crippen molar-refractivity contribution >= 4 is 11.9 Å². The highest BCUT2D eigenvalue weighted by molar-refractivity contribution is 5.77. The van der Waals surface area contributed by atoms with Gasteiger partial charge in [0.15, 0.2) is 0 Å². The third-order valence-electron chi connectivity index (χ3n) is 10.4. The molecule has 62 heavy (non-hydrogen) atoms. The maximum Gasteiger partial charge on any atom is 0.306 e. The average molecular weight is 858 g/mol. The number of allylic oxidation sites excluding steroid dienone is 19. The van der Waals surface area contributed by atoms with Gasteiger partial charge in [0.1, 0.15) is 6.10 Å². The van der Waals surface area contributed by atoms with E-state index in [2.05, 4.69) is 80.8 Å². The largest absolute Gasteiger partial charge is 0.461 e. The first kappa shape index (κ1) is 58.3. The third-order valence-corrected chi connectivity index (χ3v) is 10.4. The molecule has 1 amide bonds. The van der Waals surface area contributed by atoms with Crippen molar-refractivity contribution in [2.75, 3.05) is 6.61 Å². The average Bonchev–Trinajstić information content (AvgIpc) is 3.26. The Morgan fingerprint density at radius 2 is 0.952 bits per heavy atom. The van der Waals surface area contributed by atoms with Gasteiger partial charge in [-0.3, -0.25) is 9.59 Å². The second-order valence-electron chi connectivity index (χ2n) is 16.2. The topological polar surface area (TPSA) is 95.9 Å². The van der Waals surface area contributed by atoms with Crippen molar-refractivity contribution in [3.63, 3.8) is 0 Å². The minimum atomic E-state index is -0.832. The van der Waals surface area contributed by atoms with Crippen LogP contribution in [-0.4, -0.2) is 46.9 Å². The van der Waals surface area contributed by atoms with Gasteiger partial charge < -0.3 is 20.3 Å². The van der Waals surface area contributed by atoms with E-state index in [1.165, 1.54) is 77.0 Å². The van der Waals surface area contributed by atoms with Crippen molar-refractivity contribution in [2.45, 2.75) is 212 Å². The summed E-state index contributed by atoms with van der Waals surface area (Å²) in [4.78, 5) is 26.0. The van der Waals surface area contributed by atoms with Crippen molar-refractivity contribution in [2.24, 2.45) is 0 Å². The molecule has 0 aliphatic carbocycles. The lowest BCUT2D eigenvalue weighted by atomic mass is 10.0. The van der Waals surface area contributed by atoms with E-state index in [4.69, 9.17) is 4.74 Å². The number of rotatable bonds is 42. The SMILES string of the molecule is CC/C=C\C/C=C\C/C=C\C/C=C\C/C=C\CC(CC(=O)NC(CO)C(O)CCCCCCCCCCCCCCCCC)OC(=O)CCC/C=C/C=C\C=C/C=C/C=C/CC. The van der Waals surface area contributed by atoms with E-state index in [0.717, 1.165) is 64.2 Å². The number of aliphatic hydroxyl groups is 2. The summed E-state index contributed by atoms with van der Waals surface area (Å²) in [7, 11) is 0. The molecule has 0 spiro atoms. The van der Waals surface area contributed by atoms with Gasteiger partial charge in [-0.05, 0) is 57.8 Å². The Balaban J connectivity index is 4.83. The van der Waals surface area contributed by atoms with Crippen LogP contribution in [0.15, 0.2) is 122 Å². The van der Waals surface area contributed by atoms with Gasteiger partial charge in [0.05, 0.1) is 25.2 Å². The van der Waals surface area contributed by atoms with E-state index >= 15 is 0 Å². The number of carbonyl (C=O) groups is 2. The fraction of sp³-hybridized carbons (Fsp3) is 0.607. The van der Waals surface area contributed by atoms with Crippen molar-refractivity contribution < 1.29 is 24.5 Å². The van der Waals surface area contributed by atoms with E-state index in [1.54, 1.807) is 0 Å². The third kappa shape index (κ3) is 42.9. The van der Waals surface area contributed by atoms with Crippen LogP contribution in [0.4, 0.5) is 0 Å². The normalized spacial score (nSPS) is 14.3. The Hall–Kier alpha value is -3.74. The van der Waals surface area contributed by atoms with Crippen LogP contribution >= 0.6 is 0 Å². The molecule has 0 aliphatic rings. The van der Waals surface area contributed by atoms with Gasteiger partial charge >= 0.3 is 5.97 Å². The molecule has 3 N–H and O–H groups in total. The Morgan fingerprint density at radius 3 is 1.44 bits per heavy atom. The van der Waals surface area contributed by atoms with Crippen LogP contribution in [0.5, 0.6) is 0 Å². The minimum Gasteiger partial charge on any atom is -0.461 e. The number of amides is 1. The summed E-state index contributed by atoms with van der Waals surface area (Å²) in [6.45, 7) is 6.16. The van der Waals surface area contributed by atoms with Crippen LogP contribution in [0, 0.1) is 0 Å². The molecule has 0 aliphatic heterocycles. The Kier molecular flexibility index (Phi) is 45.4. The van der Waals surface area contributed by atoms with Gasteiger partial charge in [-0.25, -0.2) is 0 Å². The lowest BCUT2D eigenvalue weighted by Crippen LogP contribution is -2.46. The molecule has 3 unspecified atom stereocenters. The fourth-order valence-corrected chi connectivity index (χ4v) is 6.72. The van der Waals surface area contributed by atoms with E-state index < -0.39 is 18.2 Å². The zero-order valence-electron chi connectivity index (χ0n) is 39.7. The Labute approximate surface area is 380 Å². The van der Waals surface area contributed by atoms with Crippen molar-refractivity contribution in [3.8, 4) is 0 Å². The molecule has 0 radical (unpaired) electrons. The molecule has 0 saturated carbocycles. The highest BCUT2D eigenvalue weighted by atomic mass is 16.5. The van der Waals surface area contributed by atoms with Gasteiger partial charge in [0, 0.05) is 12.8 Å². The van der Waals surface area contributed by atoms with Gasteiger partial charge in [0.2, 0.25) is 5.91 Å². The molecule has 6 nitrogen and oxygen atoms in total. The lowest BCUT2D eigenvalue weighted by molar-refractivity contribution is -0.150. The maximum absolute atomic E-state index is 13.2. The summed E-state index contributed by atoms with van der Waals surface area (Å²) in [6, 6.07) is -0.755. The van der Waals surface area contributed by atoms with Crippen molar-refractivity contribution in [3.05, 3.63) is 122 Å². The van der Waals surface area contributed by atoms with Gasteiger partial charge in [0.25, 0.3) is 0 Å². The van der Waals surface area contributed by atoms with Gasteiger partial charge in [-0.15, -0.1) is 0 Å². The summed E-state index contributed by atoms with van der Waals surface area (Å²) in [5.41, 5.74) is 0. The first-order valence-electron chi connectivity index (χ1n) is 24.8. The number of hydrogen-bond donors (Lipinski definition) is 3. The predicted octanol–water partition coefficient (Wildman–Crippen LogP) is 14.9. The van der Waals surface area contributed by atoms with E-state index in [9.17, 15) is 19.8 Å². The summed E-state index contributed by atoms with van der Waals surface area (Å²) in [6.07, 6.45) is 67.1. The molecule has 6 heteroatoms. The maximum atomic E-state index is 13.2. The van der Waals surface area contributed by atoms with Crippen molar-refractivity contribution in [1.29, 1.82) is 0 Å². The zero-order valence-corrected chi connectivity index (χ0v) is 39.7. The molecule has 0 rings (SSSR count). The second kappa shape index (κ2) is 48.3. The van der Waals surface area contributed by atoms with E-state index in [1.807, 2.05) is 66.8 Å². The molecule has 350 valence electrons. The number of aliphatic hydroxyl groups excluding tert-OH is 2. The molecule has 0 aromatic rings. The van der Waals surface area contributed by atoms with E-state index in [0.29, 0.717) is 19.3 Å². The second-order valence-corrected chi connectivity index (χ2v) is 16.2. The minimum absolute atomic E-state index is 0.0372. The van der Waals surface area contributed by atoms with E-state index in [-0.39, 0.29) is 31.3 Å². The van der Waals surface area contributed by atoms with Gasteiger partial charge in [-0.2, -0.15) is 0 Å². The molecule has 0 aromatic carbocycles. The molecule has 0 saturated heterocycles. The monoisotopic (exact) mass is 858 g/mol. The van der Waals surface area contributed by atoms with Crippen LogP contribution in [0.3, 0.4) is 0 Å². The number of nitrogens with one attached hydrogen (secondary N) is 1. The summed E-state index contributed by atoms with van der Waals surface area (Å²) in [5.74, 6) is -0.681. The van der Waals surface area contributed by atoms with Crippen LogP contribution in [0.1, 0.15) is 194 Å². The summed E-state index contributed by atoms with van der Waals surface area (Å²) < 4.78 is 5.81. The lowest BCUT2D eigenvalue weighted by Gasteiger charge is -2.24. The molecule has 0 aromatic heterocycles.